The number of aliphatic hydroxyl groups is 1. The molecule has 8 heavy (non-hydrogen) atoms. The van der Waals surface area contributed by atoms with Crippen LogP contribution < -0.4 is 0 Å². The fourth-order valence-corrected chi connectivity index (χ4v) is 0.0781. The first-order valence-corrected chi connectivity index (χ1v) is 2.02. The summed E-state index contributed by atoms with van der Waals surface area (Å²) in [5, 5.41) is 16.1. The zero-order chi connectivity index (χ0) is 5.86. The molecule has 0 saturated carbocycles. The summed E-state index contributed by atoms with van der Waals surface area (Å²) in [6.45, 7) is 1.16. The van der Waals surface area contributed by atoms with E-state index in [4.69, 9.17) is 10.2 Å². The van der Waals surface area contributed by atoms with E-state index >= 15 is 0 Å². The van der Waals surface area contributed by atoms with Crippen molar-refractivity contribution in [3.63, 3.8) is 0 Å². The number of aliphatic carboxylic acids is 1. The van der Waals surface area contributed by atoms with Gasteiger partial charge >= 0.3 is 5.97 Å². The maximum atomic E-state index is 9.77. The Morgan fingerprint density at radius 2 is 2.12 bits per heavy atom. The normalized spacial score (nSPS) is 11.8. The van der Waals surface area contributed by atoms with Crippen LogP contribution in [0.25, 0.3) is 0 Å². The maximum absolute atomic E-state index is 9.77. The van der Waals surface area contributed by atoms with E-state index in [1.54, 1.807) is 0 Å². The molecule has 0 rings (SSSR count). The van der Waals surface area contributed by atoms with Gasteiger partial charge in [-0.3, -0.25) is 4.79 Å². The Hall–Kier alpha value is -0.280. The third-order valence-electron chi connectivity index (χ3n) is 0.695. The average molecular weight is 141 g/mol. The van der Waals surface area contributed by atoms with E-state index < -0.39 is 11.9 Å². The van der Waals surface area contributed by atoms with Crippen molar-refractivity contribution in [2.24, 2.45) is 5.92 Å². The Balaban J connectivity index is 0. The molecule has 0 spiro atoms. The zero-order valence-electron chi connectivity index (χ0n) is 4.50. The lowest BCUT2D eigenvalue weighted by molar-refractivity contribution is -0.142. The van der Waals surface area contributed by atoms with Crippen LogP contribution in [-0.2, 0) is 4.79 Å². The van der Waals surface area contributed by atoms with E-state index in [2.05, 4.69) is 0 Å². The zero-order valence-corrected chi connectivity index (χ0v) is 5.31. The van der Waals surface area contributed by atoms with Gasteiger partial charge in [0, 0.05) is 0 Å². The lowest BCUT2D eigenvalue weighted by Crippen LogP contribution is -2.12. The second kappa shape index (κ2) is 4.87. The maximum Gasteiger partial charge on any atom is 0.308 e. The molecule has 0 aliphatic carbocycles. The van der Waals surface area contributed by atoms with E-state index in [1.807, 2.05) is 0 Å². The van der Waals surface area contributed by atoms with Gasteiger partial charge < -0.3 is 10.2 Å². The Bertz CT molecular complexity index is 73.7. The second-order valence-corrected chi connectivity index (χ2v) is 1.42. The molecule has 2 N–H and O–H groups in total. The predicted molar refractivity (Wildman–Crippen MR) is 31.1 cm³/mol. The van der Waals surface area contributed by atoms with Gasteiger partial charge in [-0.2, -0.15) is 0 Å². The Morgan fingerprint density at radius 3 is 2.12 bits per heavy atom. The number of carboxylic acid groups (broad SMARTS) is 1. The molecular weight excluding hydrogens is 131 g/mol. The van der Waals surface area contributed by atoms with Crippen LogP contribution in [0.15, 0.2) is 0 Å². The van der Waals surface area contributed by atoms with Crippen LogP contribution in [0.3, 0.4) is 0 Å². The fourth-order valence-electron chi connectivity index (χ4n) is 0.0781. The van der Waals surface area contributed by atoms with E-state index in [9.17, 15) is 4.79 Å². The Labute approximate surface area is 53.7 Å². The van der Waals surface area contributed by atoms with Crippen LogP contribution in [0.5, 0.6) is 0 Å². The minimum Gasteiger partial charge on any atom is -0.481 e. The summed E-state index contributed by atoms with van der Waals surface area (Å²) in [6.07, 6.45) is 0. The first-order chi connectivity index (χ1) is 3.18. The summed E-state index contributed by atoms with van der Waals surface area (Å²) >= 11 is 0. The van der Waals surface area contributed by atoms with Gasteiger partial charge in [0.15, 0.2) is 0 Å². The minimum absolute atomic E-state index is 0. The summed E-state index contributed by atoms with van der Waals surface area (Å²) in [6, 6.07) is 0. The van der Waals surface area contributed by atoms with E-state index in [0.29, 0.717) is 0 Å². The van der Waals surface area contributed by atoms with Gasteiger partial charge in [-0.1, -0.05) is 0 Å². The molecular formula is C4H9ClO3. The van der Waals surface area contributed by atoms with Crippen molar-refractivity contribution in [1.29, 1.82) is 0 Å². The molecule has 0 amide bonds. The van der Waals surface area contributed by atoms with Crippen LogP contribution in [-0.4, -0.2) is 22.8 Å². The lowest BCUT2D eigenvalue weighted by atomic mass is 10.2. The third-order valence-corrected chi connectivity index (χ3v) is 0.695. The van der Waals surface area contributed by atoms with Gasteiger partial charge in [0.25, 0.3) is 0 Å². The van der Waals surface area contributed by atoms with Crippen molar-refractivity contribution in [1.82, 2.24) is 0 Å². The summed E-state index contributed by atoms with van der Waals surface area (Å²) in [5.41, 5.74) is 0. The highest BCUT2D eigenvalue weighted by Gasteiger charge is 2.06. The highest BCUT2D eigenvalue weighted by atomic mass is 35.5. The number of aliphatic hydroxyl groups excluding tert-OH is 1. The summed E-state index contributed by atoms with van der Waals surface area (Å²) in [7, 11) is 0. The number of hydrogen-bond acceptors (Lipinski definition) is 2. The van der Waals surface area contributed by atoms with Crippen molar-refractivity contribution >= 4 is 18.4 Å². The van der Waals surface area contributed by atoms with Crippen molar-refractivity contribution in [2.45, 2.75) is 6.92 Å². The molecule has 1 unspecified atom stereocenters. The molecule has 0 aliphatic rings. The largest absolute Gasteiger partial charge is 0.481 e. The molecule has 0 fully saturated rings. The van der Waals surface area contributed by atoms with Gasteiger partial charge in [-0.15, -0.1) is 12.4 Å². The second-order valence-electron chi connectivity index (χ2n) is 1.42. The topological polar surface area (TPSA) is 57.5 Å². The predicted octanol–water partition coefficient (Wildman–Crippen LogP) is 0.121. The molecule has 4 heteroatoms. The van der Waals surface area contributed by atoms with E-state index in [0.717, 1.165) is 0 Å². The van der Waals surface area contributed by atoms with Gasteiger partial charge in [-0.05, 0) is 6.92 Å². The van der Waals surface area contributed by atoms with Crippen LogP contribution in [0.1, 0.15) is 6.92 Å². The van der Waals surface area contributed by atoms with Gasteiger partial charge in [-0.25, -0.2) is 0 Å². The van der Waals surface area contributed by atoms with Crippen molar-refractivity contribution in [3.8, 4) is 0 Å². The van der Waals surface area contributed by atoms with Gasteiger partial charge in [0.05, 0.1) is 12.5 Å². The van der Waals surface area contributed by atoms with Crippen LogP contribution >= 0.6 is 12.4 Å². The minimum atomic E-state index is -0.956. The molecule has 0 aromatic rings. The van der Waals surface area contributed by atoms with Crippen LogP contribution in [0, 0.1) is 5.92 Å². The number of rotatable bonds is 2. The number of carboxylic acids is 1. The molecule has 50 valence electrons. The first-order valence-electron chi connectivity index (χ1n) is 2.02. The number of carbonyl (C=O) groups is 1. The Morgan fingerprint density at radius 1 is 1.75 bits per heavy atom. The average Bonchev–Trinajstić information content (AvgIpc) is 1.65. The van der Waals surface area contributed by atoms with E-state index in [-0.39, 0.29) is 19.0 Å². The quantitative estimate of drug-likeness (QED) is 0.573. The molecule has 0 bridgehead atoms. The summed E-state index contributed by atoms with van der Waals surface area (Å²) in [5.74, 6) is -1.58. The molecule has 1 atom stereocenters. The highest BCUT2D eigenvalue weighted by Crippen LogP contribution is 1.88. The summed E-state index contributed by atoms with van der Waals surface area (Å²) < 4.78 is 0. The number of hydrogen-bond donors (Lipinski definition) is 2. The lowest BCUT2D eigenvalue weighted by Gasteiger charge is -1.95. The third kappa shape index (κ3) is 3.89. The van der Waals surface area contributed by atoms with Crippen LogP contribution in [0.2, 0.25) is 0 Å². The molecule has 0 saturated heterocycles. The standard InChI is InChI=1S/C4H8O3.ClH/c1-3(2-5)4(6)7;/h3,5H,2H2,1H3,(H,6,7);1H. The molecule has 0 heterocycles. The molecule has 0 aromatic carbocycles. The molecule has 0 radical (unpaired) electrons. The fraction of sp³-hybridized carbons (Fsp3) is 0.750. The molecule has 0 aromatic heterocycles. The van der Waals surface area contributed by atoms with Gasteiger partial charge in [0.1, 0.15) is 0 Å². The number of halogens is 1. The smallest absolute Gasteiger partial charge is 0.308 e. The SMILES string of the molecule is CC(CO)C(=O)O.Cl. The van der Waals surface area contributed by atoms with Crippen molar-refractivity contribution in [3.05, 3.63) is 0 Å². The molecule has 3 nitrogen and oxygen atoms in total. The van der Waals surface area contributed by atoms with E-state index in [1.165, 1.54) is 6.92 Å². The van der Waals surface area contributed by atoms with Gasteiger partial charge in [0.2, 0.25) is 0 Å². The molecule has 0 aliphatic heterocycles. The monoisotopic (exact) mass is 140 g/mol. The van der Waals surface area contributed by atoms with Crippen molar-refractivity contribution in [2.75, 3.05) is 6.61 Å². The first kappa shape index (κ1) is 10.7. The highest BCUT2D eigenvalue weighted by molar-refractivity contribution is 5.85. The summed E-state index contributed by atoms with van der Waals surface area (Å²) in [4.78, 5) is 9.77. The van der Waals surface area contributed by atoms with Crippen molar-refractivity contribution < 1.29 is 15.0 Å². The Kier molecular flexibility index (Phi) is 6.48. The van der Waals surface area contributed by atoms with Crippen LogP contribution in [0.4, 0.5) is 0 Å².